The maximum absolute atomic E-state index is 13.3. The predicted molar refractivity (Wildman–Crippen MR) is 116 cm³/mol. The molecule has 0 unspecified atom stereocenters. The molecule has 0 aliphatic rings. The van der Waals surface area contributed by atoms with Crippen LogP contribution < -0.4 is 10.1 Å². The number of rotatable bonds is 6. The third kappa shape index (κ3) is 4.05. The Hall–Kier alpha value is -3.75. The largest absolute Gasteiger partial charge is 0.466 e. The van der Waals surface area contributed by atoms with Crippen LogP contribution in [0.5, 0.6) is 5.75 Å². The lowest BCUT2D eigenvalue weighted by Crippen LogP contribution is -2.15. The molecule has 9 heteroatoms. The Bertz CT molecular complexity index is 1290. The van der Waals surface area contributed by atoms with E-state index in [4.69, 9.17) is 9.40 Å². The number of fused-ring (bicyclic) bond motifs is 1. The number of ether oxygens (including phenoxy) is 1. The highest BCUT2D eigenvalue weighted by Gasteiger charge is 2.21. The molecule has 1 amide bonds. The van der Waals surface area contributed by atoms with Crippen LogP contribution in [-0.4, -0.2) is 27.3 Å². The summed E-state index contributed by atoms with van der Waals surface area (Å²) in [7, 11) is 0. The number of alkyl halides is 2. The van der Waals surface area contributed by atoms with Crippen molar-refractivity contribution in [2.24, 2.45) is 0 Å². The molecule has 1 N–H and O–H groups in total. The Kier molecular flexibility index (Phi) is 5.65. The summed E-state index contributed by atoms with van der Waals surface area (Å²) in [5.74, 6) is 0.776. The molecule has 32 heavy (non-hydrogen) atoms. The van der Waals surface area contributed by atoms with E-state index >= 15 is 0 Å². The first-order chi connectivity index (χ1) is 15.2. The lowest BCUT2D eigenvalue weighted by Gasteiger charge is -2.13. The van der Waals surface area contributed by atoms with Crippen LogP contribution in [0.3, 0.4) is 0 Å². The fourth-order valence-electron chi connectivity index (χ4n) is 3.57. The average molecular weight is 440 g/mol. The first kappa shape index (κ1) is 21.5. The van der Waals surface area contributed by atoms with Crippen LogP contribution in [0.25, 0.3) is 22.3 Å². The van der Waals surface area contributed by atoms with E-state index in [1.54, 1.807) is 29.1 Å². The third-order valence-electron chi connectivity index (χ3n) is 4.97. The molecule has 0 radical (unpaired) electrons. The van der Waals surface area contributed by atoms with Gasteiger partial charge in [-0.3, -0.25) is 4.79 Å². The molecule has 4 aromatic rings. The summed E-state index contributed by atoms with van der Waals surface area (Å²) in [6.07, 6.45) is 1.58. The quantitative estimate of drug-likeness (QED) is 0.413. The molecule has 0 saturated carbocycles. The molecule has 0 aliphatic carbocycles. The van der Waals surface area contributed by atoms with Crippen molar-refractivity contribution in [1.82, 2.24) is 14.8 Å². The van der Waals surface area contributed by atoms with Gasteiger partial charge in [-0.2, -0.15) is 13.9 Å². The van der Waals surface area contributed by atoms with Crippen molar-refractivity contribution in [2.75, 3.05) is 5.32 Å². The van der Waals surface area contributed by atoms with Gasteiger partial charge in [0.15, 0.2) is 5.65 Å². The minimum Gasteiger partial charge on any atom is -0.466 e. The summed E-state index contributed by atoms with van der Waals surface area (Å²) in [5.41, 5.74) is 2.30. The number of nitrogens with one attached hydrogen (secondary N) is 1. The zero-order chi connectivity index (χ0) is 23.0. The number of hydrogen-bond acceptors (Lipinski definition) is 5. The number of pyridine rings is 1. The minimum atomic E-state index is -3.01. The number of anilines is 1. The molecule has 0 aliphatic heterocycles. The van der Waals surface area contributed by atoms with Gasteiger partial charge in [0, 0.05) is 11.6 Å². The van der Waals surface area contributed by atoms with Crippen LogP contribution in [0.1, 0.15) is 41.8 Å². The van der Waals surface area contributed by atoms with Crippen molar-refractivity contribution in [1.29, 1.82) is 0 Å². The summed E-state index contributed by atoms with van der Waals surface area (Å²) in [4.78, 5) is 18.0. The van der Waals surface area contributed by atoms with Crippen LogP contribution in [0.15, 0.2) is 47.0 Å². The fourth-order valence-corrected chi connectivity index (χ4v) is 3.57. The maximum Gasteiger partial charge on any atom is 0.387 e. The molecule has 166 valence electrons. The summed E-state index contributed by atoms with van der Waals surface area (Å²) in [6.45, 7) is 4.58. The van der Waals surface area contributed by atoms with Crippen LogP contribution in [-0.2, 0) is 0 Å². The second-order valence-corrected chi connectivity index (χ2v) is 7.63. The van der Waals surface area contributed by atoms with Gasteiger partial charge in [0.1, 0.15) is 17.3 Å². The highest BCUT2D eigenvalue weighted by Crippen LogP contribution is 2.31. The monoisotopic (exact) mass is 440 g/mol. The highest BCUT2D eigenvalue weighted by molar-refractivity contribution is 6.13. The van der Waals surface area contributed by atoms with E-state index < -0.39 is 12.5 Å². The summed E-state index contributed by atoms with van der Waals surface area (Å²) < 4.78 is 37.4. The number of carbonyl (C=O) groups excluding carboxylic acids is 1. The van der Waals surface area contributed by atoms with Gasteiger partial charge >= 0.3 is 6.61 Å². The number of carbonyl (C=O) groups is 1. The molecule has 0 spiro atoms. The number of aromatic nitrogens is 3. The van der Waals surface area contributed by atoms with E-state index in [0.29, 0.717) is 28.1 Å². The van der Waals surface area contributed by atoms with Crippen LogP contribution in [0.4, 0.5) is 14.5 Å². The number of aryl methyl sites for hydroxylation is 2. The van der Waals surface area contributed by atoms with Crippen molar-refractivity contribution in [3.05, 3.63) is 59.7 Å². The lowest BCUT2D eigenvalue weighted by atomic mass is 10.1. The Morgan fingerprint density at radius 3 is 2.59 bits per heavy atom. The molecule has 4 rings (SSSR count). The zero-order valence-corrected chi connectivity index (χ0v) is 18.0. The van der Waals surface area contributed by atoms with Gasteiger partial charge < -0.3 is 14.5 Å². The molecule has 1 aromatic carbocycles. The van der Waals surface area contributed by atoms with Gasteiger partial charge in [-0.05, 0) is 52.0 Å². The summed E-state index contributed by atoms with van der Waals surface area (Å²) in [5, 5.41) is 7.61. The van der Waals surface area contributed by atoms with E-state index in [0.717, 1.165) is 11.3 Å². The minimum absolute atomic E-state index is 0.0125. The van der Waals surface area contributed by atoms with E-state index in [9.17, 15) is 13.6 Å². The molecule has 3 heterocycles. The molecule has 0 saturated heterocycles. The van der Waals surface area contributed by atoms with E-state index in [-0.39, 0.29) is 17.5 Å². The predicted octanol–water partition coefficient (Wildman–Crippen LogP) is 5.74. The van der Waals surface area contributed by atoms with Crippen LogP contribution in [0, 0.1) is 13.8 Å². The topological polar surface area (TPSA) is 82.2 Å². The smallest absolute Gasteiger partial charge is 0.387 e. The van der Waals surface area contributed by atoms with Crippen molar-refractivity contribution in [3.8, 4) is 17.0 Å². The van der Waals surface area contributed by atoms with Gasteiger partial charge in [0.05, 0.1) is 28.5 Å². The fraction of sp³-hybridized carbons (Fsp3) is 0.261. The number of hydrogen-bond donors (Lipinski definition) is 1. The molecule has 3 aromatic heterocycles. The molecular formula is C23H22F2N4O3. The second-order valence-electron chi connectivity index (χ2n) is 7.63. The Labute approximate surface area is 183 Å². The van der Waals surface area contributed by atoms with Crippen molar-refractivity contribution in [3.63, 3.8) is 0 Å². The van der Waals surface area contributed by atoms with Crippen LogP contribution >= 0.6 is 0 Å². The van der Waals surface area contributed by atoms with Crippen molar-refractivity contribution < 1.29 is 22.7 Å². The molecule has 0 bridgehead atoms. The number of para-hydroxylation sites is 2. The molecule has 0 fully saturated rings. The molecule has 0 atom stereocenters. The number of nitrogens with zero attached hydrogens (tertiary/aromatic N) is 3. The van der Waals surface area contributed by atoms with Crippen LogP contribution in [0.2, 0.25) is 0 Å². The maximum atomic E-state index is 13.3. The van der Waals surface area contributed by atoms with Gasteiger partial charge in [0.2, 0.25) is 0 Å². The van der Waals surface area contributed by atoms with E-state index in [1.165, 1.54) is 12.1 Å². The number of benzene rings is 1. The summed E-state index contributed by atoms with van der Waals surface area (Å²) >= 11 is 0. The number of furan rings is 1. The van der Waals surface area contributed by atoms with E-state index in [2.05, 4.69) is 15.2 Å². The first-order valence-electron chi connectivity index (χ1n) is 10.1. The van der Waals surface area contributed by atoms with Gasteiger partial charge in [-0.25, -0.2) is 9.67 Å². The second kappa shape index (κ2) is 8.41. The van der Waals surface area contributed by atoms with Crippen molar-refractivity contribution in [2.45, 2.75) is 40.3 Å². The Balaban J connectivity index is 1.83. The number of halogens is 2. The first-order valence-corrected chi connectivity index (χ1v) is 10.1. The van der Waals surface area contributed by atoms with Gasteiger partial charge in [-0.15, -0.1) is 0 Å². The van der Waals surface area contributed by atoms with Gasteiger partial charge in [-0.1, -0.05) is 12.1 Å². The molecular weight excluding hydrogens is 418 g/mol. The Morgan fingerprint density at radius 1 is 1.19 bits per heavy atom. The standard InChI is InChI=1S/C23H22F2N4O3/c1-12(2)29-21-17(11-26-29)16(10-19(27-21)15-9-13(3)31-14(15)4)22(30)28-18-7-5-6-8-20(18)32-23(24)25/h5-12,23H,1-4H3,(H,28,30). The summed E-state index contributed by atoms with van der Waals surface area (Å²) in [6, 6.07) is 9.55. The van der Waals surface area contributed by atoms with Crippen molar-refractivity contribution >= 4 is 22.6 Å². The highest BCUT2D eigenvalue weighted by atomic mass is 19.3. The zero-order valence-electron chi connectivity index (χ0n) is 18.0. The molecule has 7 nitrogen and oxygen atoms in total. The average Bonchev–Trinajstić information content (AvgIpc) is 3.30. The van der Waals surface area contributed by atoms with E-state index in [1.807, 2.05) is 33.8 Å². The van der Waals surface area contributed by atoms with Gasteiger partial charge in [0.25, 0.3) is 5.91 Å². The lowest BCUT2D eigenvalue weighted by molar-refractivity contribution is -0.0493. The normalized spacial score (nSPS) is 11.5. The third-order valence-corrected chi connectivity index (χ3v) is 4.97. The Morgan fingerprint density at radius 2 is 1.94 bits per heavy atom. The SMILES string of the molecule is Cc1cc(-c2cc(C(=O)Nc3ccccc3OC(F)F)c3cnn(C(C)C)c3n2)c(C)o1. The number of amides is 1.